The fourth-order valence-electron chi connectivity index (χ4n) is 2.55. The van der Waals surface area contributed by atoms with E-state index in [0.717, 1.165) is 0 Å². The standard InChI is InChI=1S/C12H12O7/c13-3-6-1-2-9(8(5-15)7(6)4-14)16-11-10-12(17-10,18-11)19-11/h1-2,10,13-15H,3-5H2. The lowest BCUT2D eigenvalue weighted by Gasteiger charge is -2.51. The molecule has 4 fully saturated rings. The summed E-state index contributed by atoms with van der Waals surface area (Å²) >= 11 is 0. The molecule has 2 bridgehead atoms. The van der Waals surface area contributed by atoms with E-state index in [1.54, 1.807) is 12.1 Å². The summed E-state index contributed by atoms with van der Waals surface area (Å²) in [5.41, 5.74) is 1.39. The molecule has 0 saturated carbocycles. The van der Waals surface area contributed by atoms with Gasteiger partial charge in [-0.3, -0.25) is 9.47 Å². The van der Waals surface area contributed by atoms with Crippen molar-refractivity contribution in [1.82, 2.24) is 0 Å². The van der Waals surface area contributed by atoms with Crippen LogP contribution in [0, 0.1) is 0 Å². The van der Waals surface area contributed by atoms with Crippen molar-refractivity contribution in [3.8, 4) is 5.75 Å². The third-order valence-electron chi connectivity index (χ3n) is 3.66. The van der Waals surface area contributed by atoms with E-state index in [-0.39, 0.29) is 25.9 Å². The van der Waals surface area contributed by atoms with Crippen molar-refractivity contribution in [3.05, 3.63) is 28.8 Å². The summed E-state index contributed by atoms with van der Waals surface area (Å²) in [7, 11) is 0. The number of rotatable bonds is 5. The molecular formula is C12H12O7. The smallest absolute Gasteiger partial charge is 0.372 e. The van der Waals surface area contributed by atoms with Gasteiger partial charge in [-0.1, -0.05) is 6.07 Å². The normalized spacial score (nSPS) is 37.1. The molecule has 5 rings (SSSR count). The molecule has 1 aromatic carbocycles. The molecule has 102 valence electrons. The zero-order chi connectivity index (χ0) is 13.3. The van der Waals surface area contributed by atoms with Crippen molar-refractivity contribution >= 4 is 0 Å². The van der Waals surface area contributed by atoms with Crippen LogP contribution in [-0.4, -0.2) is 33.4 Å². The van der Waals surface area contributed by atoms with Gasteiger partial charge in [0.2, 0.25) is 6.10 Å². The van der Waals surface area contributed by atoms with Gasteiger partial charge in [-0.25, -0.2) is 0 Å². The molecule has 0 aliphatic carbocycles. The fraction of sp³-hybridized carbons (Fsp3) is 0.500. The van der Waals surface area contributed by atoms with E-state index in [1.165, 1.54) is 0 Å². The first-order chi connectivity index (χ1) is 9.18. The van der Waals surface area contributed by atoms with Crippen LogP contribution in [0.2, 0.25) is 0 Å². The minimum atomic E-state index is -1.21. The Morgan fingerprint density at radius 3 is 2.26 bits per heavy atom. The molecule has 0 aromatic heterocycles. The summed E-state index contributed by atoms with van der Waals surface area (Å²) in [6.07, 6.45) is -0.221. The average Bonchev–Trinajstić information content (AvgIpc) is 2.94. The number of aliphatic hydroxyl groups is 3. The van der Waals surface area contributed by atoms with Gasteiger partial charge < -0.3 is 24.8 Å². The summed E-state index contributed by atoms with van der Waals surface area (Å²) in [6, 6.07) is 3.22. The van der Waals surface area contributed by atoms with E-state index in [4.69, 9.17) is 18.9 Å². The summed E-state index contributed by atoms with van der Waals surface area (Å²) in [6.45, 7) is -0.858. The van der Waals surface area contributed by atoms with E-state index >= 15 is 0 Å². The van der Waals surface area contributed by atoms with Crippen LogP contribution >= 0.6 is 0 Å². The number of epoxide rings is 1. The first-order valence-electron chi connectivity index (χ1n) is 5.91. The van der Waals surface area contributed by atoms with E-state index < -0.39 is 11.9 Å². The van der Waals surface area contributed by atoms with Gasteiger partial charge in [0, 0.05) is 5.56 Å². The zero-order valence-electron chi connectivity index (χ0n) is 9.83. The van der Waals surface area contributed by atoms with Crippen LogP contribution < -0.4 is 4.74 Å². The van der Waals surface area contributed by atoms with Crippen molar-refractivity contribution in [2.24, 2.45) is 0 Å². The lowest BCUT2D eigenvalue weighted by atomic mass is 10.0. The van der Waals surface area contributed by atoms with Gasteiger partial charge in [-0.2, -0.15) is 0 Å². The van der Waals surface area contributed by atoms with Gasteiger partial charge >= 0.3 is 11.9 Å². The number of hydrogen-bond donors (Lipinski definition) is 3. The molecule has 4 heterocycles. The first-order valence-corrected chi connectivity index (χ1v) is 5.91. The van der Waals surface area contributed by atoms with Crippen LogP contribution in [0.5, 0.6) is 5.75 Å². The monoisotopic (exact) mass is 268 g/mol. The average molecular weight is 268 g/mol. The van der Waals surface area contributed by atoms with Crippen molar-refractivity contribution in [2.45, 2.75) is 37.9 Å². The highest BCUT2D eigenvalue weighted by molar-refractivity contribution is 5.45. The predicted molar refractivity (Wildman–Crippen MR) is 57.3 cm³/mol. The topological polar surface area (TPSA) is 101 Å². The van der Waals surface area contributed by atoms with E-state index in [9.17, 15) is 15.3 Å². The molecule has 7 heteroatoms. The maximum absolute atomic E-state index is 9.44. The summed E-state index contributed by atoms with van der Waals surface area (Å²) < 4.78 is 21.2. The number of ether oxygens (including phenoxy) is 4. The van der Waals surface area contributed by atoms with Gasteiger partial charge in [-0.05, 0) is 17.2 Å². The lowest BCUT2D eigenvalue weighted by Crippen LogP contribution is -2.76. The Labute approximate surface area is 107 Å². The molecule has 4 aliphatic heterocycles. The van der Waals surface area contributed by atoms with Gasteiger partial charge in [-0.15, -0.1) is 0 Å². The number of benzene rings is 1. The van der Waals surface area contributed by atoms with Crippen LogP contribution in [0.25, 0.3) is 0 Å². The van der Waals surface area contributed by atoms with Crippen LogP contribution in [0.1, 0.15) is 16.7 Å². The second kappa shape index (κ2) is 3.45. The van der Waals surface area contributed by atoms with Crippen LogP contribution in [0.15, 0.2) is 12.1 Å². The lowest BCUT2D eigenvalue weighted by molar-refractivity contribution is -0.612. The molecule has 0 amide bonds. The number of hydrogen-bond acceptors (Lipinski definition) is 7. The summed E-state index contributed by atoms with van der Waals surface area (Å²) in [5.74, 6) is -1.74. The molecule has 4 saturated heterocycles. The Morgan fingerprint density at radius 1 is 1.05 bits per heavy atom. The molecule has 0 radical (unpaired) electrons. The number of aliphatic hydroxyl groups excluding tert-OH is 3. The second-order valence-electron chi connectivity index (χ2n) is 4.67. The molecule has 7 nitrogen and oxygen atoms in total. The summed E-state index contributed by atoms with van der Waals surface area (Å²) in [5, 5.41) is 28.0. The quantitative estimate of drug-likeness (QED) is 0.607. The van der Waals surface area contributed by atoms with E-state index in [1.807, 2.05) is 0 Å². The molecule has 3 N–H and O–H groups in total. The predicted octanol–water partition coefficient (Wildman–Crippen LogP) is -0.691. The first kappa shape index (κ1) is 11.6. The molecule has 19 heavy (non-hydrogen) atoms. The third-order valence-corrected chi connectivity index (χ3v) is 3.66. The fourth-order valence-corrected chi connectivity index (χ4v) is 2.55. The summed E-state index contributed by atoms with van der Waals surface area (Å²) in [4.78, 5) is 0. The van der Waals surface area contributed by atoms with Gasteiger partial charge in [0.05, 0.1) is 19.8 Å². The van der Waals surface area contributed by atoms with Gasteiger partial charge in [0.25, 0.3) is 0 Å². The van der Waals surface area contributed by atoms with E-state index in [2.05, 4.69) is 0 Å². The highest BCUT2D eigenvalue weighted by Crippen LogP contribution is 2.72. The molecule has 1 aromatic rings. The highest BCUT2D eigenvalue weighted by atomic mass is 17.2. The SMILES string of the molecule is OCc1ccc(OC23OC4(OC24)O3)c(CO)c1CO. The molecule has 1 atom stereocenters. The maximum Gasteiger partial charge on any atom is 0.372 e. The van der Waals surface area contributed by atoms with Crippen LogP contribution in [-0.2, 0) is 34.0 Å². The Balaban J connectivity index is 1.67. The minimum Gasteiger partial charge on any atom is -0.436 e. The van der Waals surface area contributed by atoms with Gasteiger partial charge in [0.1, 0.15) is 5.75 Å². The van der Waals surface area contributed by atoms with Crippen molar-refractivity contribution in [1.29, 1.82) is 0 Å². The largest absolute Gasteiger partial charge is 0.436 e. The zero-order valence-corrected chi connectivity index (χ0v) is 9.83. The Kier molecular flexibility index (Phi) is 2.11. The second-order valence-corrected chi connectivity index (χ2v) is 4.67. The van der Waals surface area contributed by atoms with E-state index in [0.29, 0.717) is 22.4 Å². The van der Waals surface area contributed by atoms with Crippen LogP contribution in [0.3, 0.4) is 0 Å². The molecule has 1 unspecified atom stereocenters. The van der Waals surface area contributed by atoms with Crippen molar-refractivity contribution in [2.75, 3.05) is 0 Å². The van der Waals surface area contributed by atoms with Crippen LogP contribution in [0.4, 0.5) is 0 Å². The van der Waals surface area contributed by atoms with Crippen molar-refractivity contribution < 1.29 is 34.3 Å². The molecular weight excluding hydrogens is 256 g/mol. The maximum atomic E-state index is 9.44. The van der Waals surface area contributed by atoms with Gasteiger partial charge in [0.15, 0.2) is 0 Å². The molecule has 1 spiro atoms. The third kappa shape index (κ3) is 1.27. The Hall–Kier alpha value is -1.22. The Bertz CT molecular complexity index is 549. The van der Waals surface area contributed by atoms with Crippen molar-refractivity contribution in [3.63, 3.8) is 0 Å². The minimum absolute atomic E-state index is 0.221. The molecule has 4 aliphatic rings. The Morgan fingerprint density at radius 2 is 1.79 bits per heavy atom. The highest BCUT2D eigenvalue weighted by Gasteiger charge is 2.99.